The van der Waals surface area contributed by atoms with Gasteiger partial charge in [-0.15, -0.1) is 12.3 Å². The number of terminal acetylenes is 1. The van der Waals surface area contributed by atoms with Crippen molar-refractivity contribution in [2.45, 2.75) is 25.8 Å². The molecule has 0 saturated heterocycles. The first-order chi connectivity index (χ1) is 6.24. The van der Waals surface area contributed by atoms with Crippen LogP contribution >= 0.6 is 0 Å². The summed E-state index contributed by atoms with van der Waals surface area (Å²) in [5.74, 6) is 2.50. The molecule has 2 N–H and O–H groups in total. The molecule has 13 heavy (non-hydrogen) atoms. The number of halogens is 1. The zero-order valence-electron chi connectivity index (χ0n) is 7.96. The lowest BCUT2D eigenvalue weighted by Gasteiger charge is -2.06. The summed E-state index contributed by atoms with van der Waals surface area (Å²) in [7, 11) is 0. The van der Waals surface area contributed by atoms with Crippen LogP contribution in [0, 0.1) is 12.3 Å². The zero-order valence-corrected chi connectivity index (χ0v) is 7.96. The Hall–Kier alpha value is -1.07. The largest absolute Gasteiger partial charge is 0.325 e. The van der Waals surface area contributed by atoms with Gasteiger partial charge in [0.05, 0.1) is 0 Å². The Morgan fingerprint density at radius 3 is 2.85 bits per heavy atom. The molecule has 0 radical (unpaired) electrons. The average Bonchev–Trinajstić information content (AvgIpc) is 2.16. The Labute approximate surface area is 79.5 Å². The van der Waals surface area contributed by atoms with Crippen molar-refractivity contribution in [1.29, 1.82) is 0 Å². The minimum atomic E-state index is -0.486. The van der Waals surface area contributed by atoms with Gasteiger partial charge in [0.25, 0.3) is 0 Å². The summed E-state index contributed by atoms with van der Waals surface area (Å²) in [4.78, 5) is 0. The Kier molecular flexibility index (Phi) is 6.95. The van der Waals surface area contributed by atoms with E-state index < -0.39 is 12.7 Å². The standard InChI is InChI=1S/C11H16FN/c1-3-5-6-7-10(4-2)8-11(13)9-12/h1,4,6-7,11H,5,8-9,13H2,2H3/b7-6-,10-4+. The van der Waals surface area contributed by atoms with Crippen molar-refractivity contribution in [2.24, 2.45) is 5.73 Å². The molecule has 0 aromatic carbocycles. The fraction of sp³-hybridized carbons (Fsp3) is 0.455. The van der Waals surface area contributed by atoms with Gasteiger partial charge < -0.3 is 5.73 Å². The van der Waals surface area contributed by atoms with Gasteiger partial charge in [-0.05, 0) is 13.3 Å². The second-order valence-corrected chi connectivity index (χ2v) is 2.79. The van der Waals surface area contributed by atoms with Crippen LogP contribution in [0.2, 0.25) is 0 Å². The molecule has 72 valence electrons. The molecule has 0 fully saturated rings. The minimum absolute atomic E-state index is 0.401. The van der Waals surface area contributed by atoms with Crippen molar-refractivity contribution in [1.82, 2.24) is 0 Å². The quantitative estimate of drug-likeness (QED) is 0.510. The molecule has 0 saturated carbocycles. The highest BCUT2D eigenvalue weighted by molar-refractivity contribution is 5.20. The van der Waals surface area contributed by atoms with Crippen LogP contribution in [0.25, 0.3) is 0 Å². The van der Waals surface area contributed by atoms with E-state index >= 15 is 0 Å². The highest BCUT2D eigenvalue weighted by Gasteiger charge is 2.01. The van der Waals surface area contributed by atoms with Crippen LogP contribution < -0.4 is 5.73 Å². The van der Waals surface area contributed by atoms with Gasteiger partial charge in [-0.3, -0.25) is 0 Å². The number of alkyl halides is 1. The van der Waals surface area contributed by atoms with Crippen molar-refractivity contribution < 1.29 is 4.39 Å². The molecular weight excluding hydrogens is 165 g/mol. The molecule has 0 aliphatic carbocycles. The van der Waals surface area contributed by atoms with Gasteiger partial charge in [0.2, 0.25) is 0 Å². The number of hydrogen-bond acceptors (Lipinski definition) is 1. The summed E-state index contributed by atoms with van der Waals surface area (Å²) in [6, 6.07) is -0.401. The van der Waals surface area contributed by atoms with Gasteiger partial charge in [0.1, 0.15) is 6.67 Å². The molecule has 0 amide bonds. The van der Waals surface area contributed by atoms with Gasteiger partial charge in [-0.1, -0.05) is 23.8 Å². The Bertz CT molecular complexity index is 223. The summed E-state index contributed by atoms with van der Waals surface area (Å²) in [5, 5.41) is 0. The second kappa shape index (κ2) is 7.57. The first-order valence-electron chi connectivity index (χ1n) is 4.31. The number of allylic oxidation sites excluding steroid dienone is 3. The topological polar surface area (TPSA) is 26.0 Å². The Morgan fingerprint density at radius 2 is 2.38 bits per heavy atom. The summed E-state index contributed by atoms with van der Waals surface area (Å²) in [6.07, 6.45) is 11.9. The van der Waals surface area contributed by atoms with Gasteiger partial charge >= 0.3 is 0 Å². The molecule has 1 atom stereocenters. The monoisotopic (exact) mass is 181 g/mol. The number of nitrogens with two attached hydrogens (primary N) is 1. The van der Waals surface area contributed by atoms with Crippen molar-refractivity contribution >= 4 is 0 Å². The van der Waals surface area contributed by atoms with Crippen LogP contribution in [0.1, 0.15) is 19.8 Å². The zero-order chi connectivity index (χ0) is 10.1. The summed E-state index contributed by atoms with van der Waals surface area (Å²) in [6.45, 7) is 1.42. The fourth-order valence-corrected chi connectivity index (χ4v) is 0.918. The highest BCUT2D eigenvalue weighted by atomic mass is 19.1. The third-order valence-corrected chi connectivity index (χ3v) is 1.63. The van der Waals surface area contributed by atoms with E-state index in [0.29, 0.717) is 12.8 Å². The maximum absolute atomic E-state index is 12.1. The van der Waals surface area contributed by atoms with E-state index in [-0.39, 0.29) is 0 Å². The van der Waals surface area contributed by atoms with Gasteiger partial charge in [-0.2, -0.15) is 0 Å². The average molecular weight is 181 g/mol. The van der Waals surface area contributed by atoms with E-state index in [4.69, 9.17) is 12.2 Å². The molecule has 0 aromatic rings. The number of rotatable bonds is 5. The molecule has 2 heteroatoms. The first-order valence-corrected chi connectivity index (χ1v) is 4.31. The van der Waals surface area contributed by atoms with E-state index in [9.17, 15) is 4.39 Å². The maximum atomic E-state index is 12.1. The molecule has 0 aliphatic rings. The summed E-state index contributed by atoms with van der Waals surface area (Å²) >= 11 is 0. The molecule has 0 heterocycles. The van der Waals surface area contributed by atoms with Crippen molar-refractivity contribution in [2.75, 3.05) is 6.67 Å². The van der Waals surface area contributed by atoms with Crippen molar-refractivity contribution in [3.05, 3.63) is 23.8 Å². The predicted octanol–water partition coefficient (Wildman–Crippen LogP) is 2.20. The van der Waals surface area contributed by atoms with Crippen LogP contribution in [-0.4, -0.2) is 12.7 Å². The Morgan fingerprint density at radius 1 is 1.69 bits per heavy atom. The third kappa shape index (κ3) is 6.12. The lowest BCUT2D eigenvalue weighted by Crippen LogP contribution is -2.22. The number of hydrogen-bond donors (Lipinski definition) is 1. The third-order valence-electron chi connectivity index (χ3n) is 1.63. The van der Waals surface area contributed by atoms with Gasteiger partial charge in [-0.25, -0.2) is 4.39 Å². The summed E-state index contributed by atoms with van der Waals surface area (Å²) in [5.41, 5.74) is 6.49. The molecule has 0 rings (SSSR count). The molecule has 0 bridgehead atoms. The van der Waals surface area contributed by atoms with Crippen LogP contribution in [-0.2, 0) is 0 Å². The smallest absolute Gasteiger partial charge is 0.105 e. The van der Waals surface area contributed by atoms with E-state index in [2.05, 4.69) is 5.92 Å². The molecule has 1 unspecified atom stereocenters. The molecule has 0 aromatic heterocycles. The molecule has 0 spiro atoms. The Balaban J connectivity index is 4.00. The molecule has 0 aliphatic heterocycles. The first kappa shape index (κ1) is 11.9. The van der Waals surface area contributed by atoms with Crippen LogP contribution in [0.4, 0.5) is 4.39 Å². The normalized spacial score (nSPS) is 14.5. The summed E-state index contributed by atoms with van der Waals surface area (Å²) < 4.78 is 12.1. The van der Waals surface area contributed by atoms with Crippen LogP contribution in [0.15, 0.2) is 23.8 Å². The van der Waals surface area contributed by atoms with Gasteiger partial charge in [0.15, 0.2) is 0 Å². The predicted molar refractivity (Wildman–Crippen MR) is 54.9 cm³/mol. The highest BCUT2D eigenvalue weighted by Crippen LogP contribution is 2.06. The van der Waals surface area contributed by atoms with Crippen molar-refractivity contribution in [3.63, 3.8) is 0 Å². The van der Waals surface area contributed by atoms with E-state index in [0.717, 1.165) is 5.57 Å². The minimum Gasteiger partial charge on any atom is -0.325 e. The van der Waals surface area contributed by atoms with Crippen molar-refractivity contribution in [3.8, 4) is 12.3 Å². The van der Waals surface area contributed by atoms with E-state index in [1.54, 1.807) is 0 Å². The lowest BCUT2D eigenvalue weighted by molar-refractivity contribution is 0.427. The fourth-order valence-electron chi connectivity index (χ4n) is 0.918. The van der Waals surface area contributed by atoms with Crippen LogP contribution in [0.3, 0.4) is 0 Å². The molecule has 1 nitrogen and oxygen atoms in total. The second-order valence-electron chi connectivity index (χ2n) is 2.79. The SMILES string of the molecule is C#CC/C=C\C(=C/C)CC(N)CF. The molecular formula is C11H16FN. The lowest BCUT2D eigenvalue weighted by atomic mass is 10.1. The van der Waals surface area contributed by atoms with Gasteiger partial charge in [0, 0.05) is 12.5 Å². The van der Waals surface area contributed by atoms with Crippen LogP contribution in [0.5, 0.6) is 0 Å². The van der Waals surface area contributed by atoms with E-state index in [1.807, 2.05) is 25.2 Å². The maximum Gasteiger partial charge on any atom is 0.105 e. The van der Waals surface area contributed by atoms with E-state index in [1.165, 1.54) is 0 Å².